The number of thiazole rings is 1. The number of hydrogen-bond donors (Lipinski definition) is 1. The van der Waals surface area contributed by atoms with Crippen LogP contribution in [0, 0.1) is 0 Å². The van der Waals surface area contributed by atoms with Crippen molar-refractivity contribution in [2.24, 2.45) is 0 Å². The van der Waals surface area contributed by atoms with Gasteiger partial charge in [-0.1, -0.05) is 0 Å². The van der Waals surface area contributed by atoms with E-state index in [2.05, 4.69) is 15.2 Å². The summed E-state index contributed by atoms with van der Waals surface area (Å²) in [7, 11) is 0. The lowest BCUT2D eigenvalue weighted by atomic mass is 10.1. The van der Waals surface area contributed by atoms with Crippen molar-refractivity contribution in [1.82, 2.24) is 10.3 Å². The lowest BCUT2D eigenvalue weighted by molar-refractivity contribution is 0.0940. The SMILES string of the molecule is O=C(NC1CCN(c2nccs2)C1)c1ccc2c(c1)OCO2. The summed E-state index contributed by atoms with van der Waals surface area (Å²) < 4.78 is 10.6. The summed E-state index contributed by atoms with van der Waals surface area (Å²) >= 11 is 1.62. The molecule has 2 aliphatic rings. The van der Waals surface area contributed by atoms with Crippen molar-refractivity contribution in [1.29, 1.82) is 0 Å². The van der Waals surface area contributed by atoms with Crippen LogP contribution in [0.2, 0.25) is 0 Å². The second-order valence-electron chi connectivity index (χ2n) is 5.29. The molecule has 1 fully saturated rings. The molecule has 1 aromatic heterocycles. The first-order valence-electron chi connectivity index (χ1n) is 7.14. The molecule has 1 aromatic carbocycles. The standard InChI is InChI=1S/C15H15N3O3S/c19-14(10-1-2-12-13(7-10)21-9-20-12)17-11-3-5-18(8-11)15-16-4-6-22-15/h1-2,4,6-7,11H,3,5,8-9H2,(H,17,19). The molecule has 0 aliphatic carbocycles. The van der Waals surface area contributed by atoms with E-state index < -0.39 is 0 Å². The highest BCUT2D eigenvalue weighted by Crippen LogP contribution is 2.32. The van der Waals surface area contributed by atoms with E-state index in [1.807, 2.05) is 5.38 Å². The highest BCUT2D eigenvalue weighted by atomic mass is 32.1. The van der Waals surface area contributed by atoms with Crippen LogP contribution >= 0.6 is 11.3 Å². The first-order chi connectivity index (χ1) is 10.8. The van der Waals surface area contributed by atoms with E-state index in [4.69, 9.17) is 9.47 Å². The Morgan fingerprint density at radius 1 is 1.36 bits per heavy atom. The van der Waals surface area contributed by atoms with Crippen LogP contribution in [-0.4, -0.2) is 36.8 Å². The van der Waals surface area contributed by atoms with Crippen LogP contribution in [0.4, 0.5) is 5.13 Å². The van der Waals surface area contributed by atoms with Crippen molar-refractivity contribution in [2.75, 3.05) is 24.8 Å². The topological polar surface area (TPSA) is 63.7 Å². The second kappa shape index (κ2) is 5.49. The lowest BCUT2D eigenvalue weighted by Crippen LogP contribution is -2.37. The minimum Gasteiger partial charge on any atom is -0.454 e. The Bertz CT molecular complexity index is 689. The Kier molecular flexibility index (Phi) is 3.34. The van der Waals surface area contributed by atoms with Crippen molar-refractivity contribution in [3.05, 3.63) is 35.3 Å². The van der Waals surface area contributed by atoms with Gasteiger partial charge in [-0.15, -0.1) is 11.3 Å². The molecule has 0 radical (unpaired) electrons. The highest BCUT2D eigenvalue weighted by Gasteiger charge is 2.26. The van der Waals surface area contributed by atoms with Crippen molar-refractivity contribution in [3.8, 4) is 11.5 Å². The first-order valence-corrected chi connectivity index (χ1v) is 8.02. The number of anilines is 1. The number of fused-ring (bicyclic) bond motifs is 1. The number of benzene rings is 1. The van der Waals surface area contributed by atoms with Gasteiger partial charge >= 0.3 is 0 Å². The minimum absolute atomic E-state index is 0.0794. The van der Waals surface area contributed by atoms with Crippen LogP contribution < -0.4 is 19.7 Å². The summed E-state index contributed by atoms with van der Waals surface area (Å²) in [6.07, 6.45) is 2.73. The molecule has 4 rings (SSSR count). The smallest absolute Gasteiger partial charge is 0.251 e. The number of nitrogens with zero attached hydrogens (tertiary/aromatic N) is 2. The average molecular weight is 317 g/mol. The van der Waals surface area contributed by atoms with E-state index in [0.29, 0.717) is 17.1 Å². The molecule has 1 N–H and O–H groups in total. The van der Waals surface area contributed by atoms with Crippen LogP contribution in [0.1, 0.15) is 16.8 Å². The van der Waals surface area contributed by atoms with Gasteiger partial charge in [0.2, 0.25) is 6.79 Å². The number of carbonyl (C=O) groups excluding carboxylic acids is 1. The van der Waals surface area contributed by atoms with Gasteiger partial charge in [0.15, 0.2) is 16.6 Å². The van der Waals surface area contributed by atoms with E-state index in [-0.39, 0.29) is 18.7 Å². The Morgan fingerprint density at radius 2 is 2.27 bits per heavy atom. The normalized spacial score (nSPS) is 19.5. The van der Waals surface area contributed by atoms with Gasteiger partial charge in [0.05, 0.1) is 0 Å². The predicted octanol–water partition coefficient (Wildman–Crippen LogP) is 1.88. The molecule has 7 heteroatoms. The molecule has 1 saturated heterocycles. The molecule has 0 spiro atoms. The summed E-state index contributed by atoms with van der Waals surface area (Å²) in [4.78, 5) is 18.9. The Balaban J connectivity index is 1.40. The van der Waals surface area contributed by atoms with Gasteiger partial charge in [-0.3, -0.25) is 4.79 Å². The maximum Gasteiger partial charge on any atom is 0.251 e. The van der Waals surface area contributed by atoms with Crippen molar-refractivity contribution < 1.29 is 14.3 Å². The number of aromatic nitrogens is 1. The molecule has 2 aliphatic heterocycles. The third-order valence-electron chi connectivity index (χ3n) is 3.85. The van der Waals surface area contributed by atoms with Crippen molar-refractivity contribution in [2.45, 2.75) is 12.5 Å². The van der Waals surface area contributed by atoms with Gasteiger partial charge in [0.1, 0.15) is 0 Å². The van der Waals surface area contributed by atoms with E-state index >= 15 is 0 Å². The van der Waals surface area contributed by atoms with E-state index in [9.17, 15) is 4.79 Å². The lowest BCUT2D eigenvalue weighted by Gasteiger charge is -2.15. The molecular formula is C15H15N3O3S. The van der Waals surface area contributed by atoms with Crippen molar-refractivity contribution >= 4 is 22.4 Å². The van der Waals surface area contributed by atoms with Gasteiger partial charge in [0, 0.05) is 36.3 Å². The quantitative estimate of drug-likeness (QED) is 0.936. The third kappa shape index (κ3) is 2.48. The fourth-order valence-corrected chi connectivity index (χ4v) is 3.41. The molecule has 6 nitrogen and oxygen atoms in total. The second-order valence-corrected chi connectivity index (χ2v) is 6.16. The van der Waals surface area contributed by atoms with Crippen LogP contribution in [-0.2, 0) is 0 Å². The molecule has 3 heterocycles. The Morgan fingerprint density at radius 3 is 3.14 bits per heavy atom. The molecule has 1 unspecified atom stereocenters. The number of hydrogen-bond acceptors (Lipinski definition) is 6. The summed E-state index contributed by atoms with van der Waals surface area (Å²) in [6.45, 7) is 1.93. The van der Waals surface area contributed by atoms with E-state index in [1.165, 1.54) is 0 Å². The molecule has 2 aromatic rings. The fraction of sp³-hybridized carbons (Fsp3) is 0.333. The predicted molar refractivity (Wildman–Crippen MR) is 82.8 cm³/mol. The van der Waals surface area contributed by atoms with E-state index in [0.717, 1.165) is 24.6 Å². The Hall–Kier alpha value is -2.28. The molecule has 114 valence electrons. The van der Waals surface area contributed by atoms with Crippen LogP contribution in [0.3, 0.4) is 0 Å². The average Bonchev–Trinajstić information content (AvgIpc) is 3.27. The zero-order chi connectivity index (χ0) is 14.9. The molecular weight excluding hydrogens is 302 g/mol. The molecule has 1 amide bonds. The maximum absolute atomic E-state index is 12.4. The van der Waals surface area contributed by atoms with Gasteiger partial charge in [-0.2, -0.15) is 0 Å². The number of ether oxygens (including phenoxy) is 2. The van der Waals surface area contributed by atoms with Gasteiger partial charge < -0.3 is 19.7 Å². The van der Waals surface area contributed by atoms with Crippen LogP contribution in [0.25, 0.3) is 0 Å². The molecule has 0 bridgehead atoms. The van der Waals surface area contributed by atoms with E-state index in [1.54, 1.807) is 35.7 Å². The molecule has 22 heavy (non-hydrogen) atoms. The molecule has 0 saturated carbocycles. The van der Waals surface area contributed by atoms with Crippen LogP contribution in [0.5, 0.6) is 11.5 Å². The number of amides is 1. The minimum atomic E-state index is -0.0794. The monoisotopic (exact) mass is 317 g/mol. The zero-order valence-corrected chi connectivity index (χ0v) is 12.6. The number of rotatable bonds is 3. The summed E-state index contributed by atoms with van der Waals surface area (Å²) in [6, 6.07) is 5.40. The largest absolute Gasteiger partial charge is 0.454 e. The summed E-state index contributed by atoms with van der Waals surface area (Å²) in [5.74, 6) is 1.24. The number of carbonyl (C=O) groups is 1. The fourth-order valence-electron chi connectivity index (χ4n) is 2.73. The Labute approximate surface area is 131 Å². The highest BCUT2D eigenvalue weighted by molar-refractivity contribution is 7.13. The van der Waals surface area contributed by atoms with Crippen LogP contribution in [0.15, 0.2) is 29.8 Å². The third-order valence-corrected chi connectivity index (χ3v) is 4.68. The zero-order valence-electron chi connectivity index (χ0n) is 11.8. The summed E-state index contributed by atoms with van der Waals surface area (Å²) in [5, 5.41) is 6.06. The maximum atomic E-state index is 12.4. The molecule has 1 atom stereocenters. The summed E-state index contributed by atoms with van der Waals surface area (Å²) in [5.41, 5.74) is 0.594. The van der Waals surface area contributed by atoms with Crippen molar-refractivity contribution in [3.63, 3.8) is 0 Å². The number of nitrogens with one attached hydrogen (secondary N) is 1. The first kappa shape index (κ1) is 13.4. The van der Waals surface area contributed by atoms with Gasteiger partial charge in [-0.05, 0) is 24.6 Å². The van der Waals surface area contributed by atoms with Gasteiger partial charge in [0.25, 0.3) is 5.91 Å². The van der Waals surface area contributed by atoms with Gasteiger partial charge in [-0.25, -0.2) is 4.98 Å².